The van der Waals surface area contributed by atoms with Gasteiger partial charge in [-0.1, -0.05) is 18.5 Å². The van der Waals surface area contributed by atoms with Gasteiger partial charge in [-0.05, 0) is 32.2 Å². The quantitative estimate of drug-likeness (QED) is 0.809. The maximum atomic E-state index is 11.6. The van der Waals surface area contributed by atoms with E-state index in [-0.39, 0.29) is 10.6 Å². The van der Waals surface area contributed by atoms with Crippen molar-refractivity contribution in [2.24, 2.45) is 0 Å². The number of piperidine rings is 1. The Morgan fingerprint density at radius 2 is 2.42 bits per heavy atom. The predicted octanol–water partition coefficient (Wildman–Crippen LogP) is 1.78. The monoisotopic (exact) mass is 284 g/mol. The number of rotatable bonds is 5. The van der Waals surface area contributed by atoms with Crippen molar-refractivity contribution in [3.63, 3.8) is 0 Å². The maximum absolute atomic E-state index is 11.6. The molecule has 0 radical (unpaired) electrons. The number of nitrogens with one attached hydrogen (secondary N) is 2. The van der Waals surface area contributed by atoms with Gasteiger partial charge in [0.05, 0.1) is 6.33 Å². The number of anilines is 1. The summed E-state index contributed by atoms with van der Waals surface area (Å²) in [5, 5.41) is 3.64. The largest absolute Gasteiger partial charge is 0.351 e. The minimum atomic E-state index is -0.266. The van der Waals surface area contributed by atoms with Crippen LogP contribution in [0.1, 0.15) is 32.6 Å². The van der Waals surface area contributed by atoms with Crippen LogP contribution >= 0.6 is 11.6 Å². The van der Waals surface area contributed by atoms with Crippen molar-refractivity contribution < 1.29 is 0 Å². The van der Waals surface area contributed by atoms with E-state index in [4.69, 9.17) is 11.6 Å². The highest BCUT2D eigenvalue weighted by Gasteiger charge is 2.25. The Morgan fingerprint density at radius 3 is 3.21 bits per heavy atom. The molecule has 19 heavy (non-hydrogen) atoms. The number of H-pyrrole nitrogens is 1. The molecule has 0 saturated carbocycles. The van der Waals surface area contributed by atoms with E-state index in [9.17, 15) is 4.79 Å². The third-order valence-corrected chi connectivity index (χ3v) is 3.82. The molecule has 1 fully saturated rings. The van der Waals surface area contributed by atoms with Gasteiger partial charge in [0.25, 0.3) is 5.56 Å². The SMILES string of the molecule is CCCNCC1CCCCN1c1nc[nH]c(=O)c1Cl. The third kappa shape index (κ3) is 3.48. The van der Waals surface area contributed by atoms with E-state index in [1.165, 1.54) is 12.7 Å². The lowest BCUT2D eigenvalue weighted by atomic mass is 10.0. The first-order chi connectivity index (χ1) is 9.24. The van der Waals surface area contributed by atoms with Gasteiger partial charge < -0.3 is 15.2 Å². The highest BCUT2D eigenvalue weighted by Crippen LogP contribution is 2.26. The molecule has 0 aliphatic carbocycles. The molecule has 0 bridgehead atoms. The summed E-state index contributed by atoms with van der Waals surface area (Å²) in [5.74, 6) is 0.619. The molecule has 106 valence electrons. The van der Waals surface area contributed by atoms with Gasteiger partial charge in [-0.3, -0.25) is 4.79 Å². The number of halogens is 1. The number of aromatic amines is 1. The number of aromatic nitrogens is 2. The molecular formula is C13H21ClN4O. The standard InChI is InChI=1S/C13H21ClN4O/c1-2-6-15-8-10-5-3-4-7-18(10)12-11(14)13(19)17-9-16-12/h9-10,15H,2-8H2,1H3,(H,16,17,19). The normalized spacial score (nSPS) is 19.7. The summed E-state index contributed by atoms with van der Waals surface area (Å²) in [6.45, 7) is 5.00. The van der Waals surface area contributed by atoms with Crippen LogP contribution < -0.4 is 15.8 Å². The van der Waals surface area contributed by atoms with Crippen molar-refractivity contribution in [1.29, 1.82) is 0 Å². The first-order valence-corrected chi connectivity index (χ1v) is 7.32. The van der Waals surface area contributed by atoms with Gasteiger partial charge >= 0.3 is 0 Å². The lowest BCUT2D eigenvalue weighted by molar-refractivity contribution is 0.432. The topological polar surface area (TPSA) is 61.0 Å². The van der Waals surface area contributed by atoms with Crippen molar-refractivity contribution in [3.05, 3.63) is 21.7 Å². The fourth-order valence-electron chi connectivity index (χ4n) is 2.51. The molecule has 1 atom stereocenters. The van der Waals surface area contributed by atoms with Gasteiger partial charge in [0.1, 0.15) is 5.02 Å². The molecule has 1 aliphatic rings. The van der Waals surface area contributed by atoms with Crippen LogP contribution in [-0.2, 0) is 0 Å². The smallest absolute Gasteiger partial charge is 0.271 e. The van der Waals surface area contributed by atoms with Gasteiger partial charge in [-0.2, -0.15) is 0 Å². The molecule has 0 spiro atoms. The fraction of sp³-hybridized carbons (Fsp3) is 0.692. The number of hydrogen-bond donors (Lipinski definition) is 2. The molecule has 0 aromatic carbocycles. The Labute approximate surface area is 118 Å². The molecule has 1 unspecified atom stereocenters. The van der Waals surface area contributed by atoms with E-state index < -0.39 is 0 Å². The van der Waals surface area contributed by atoms with Gasteiger partial charge in [0.2, 0.25) is 0 Å². The summed E-state index contributed by atoms with van der Waals surface area (Å²) in [6, 6.07) is 0.368. The van der Waals surface area contributed by atoms with Crippen LogP contribution in [-0.4, -0.2) is 35.6 Å². The van der Waals surface area contributed by atoms with Gasteiger partial charge in [-0.15, -0.1) is 0 Å². The molecule has 0 amide bonds. The highest BCUT2D eigenvalue weighted by molar-refractivity contribution is 6.32. The zero-order valence-electron chi connectivity index (χ0n) is 11.3. The van der Waals surface area contributed by atoms with Crippen LogP contribution in [0.3, 0.4) is 0 Å². The van der Waals surface area contributed by atoms with Crippen molar-refractivity contribution in [3.8, 4) is 0 Å². The van der Waals surface area contributed by atoms with Crippen LogP contribution in [0.5, 0.6) is 0 Å². The first-order valence-electron chi connectivity index (χ1n) is 6.94. The van der Waals surface area contributed by atoms with Gasteiger partial charge in [0.15, 0.2) is 5.82 Å². The fourth-order valence-corrected chi connectivity index (χ4v) is 2.72. The summed E-state index contributed by atoms with van der Waals surface area (Å²) in [4.78, 5) is 20.5. The third-order valence-electron chi connectivity index (χ3n) is 3.48. The Bertz CT molecular complexity index is 462. The van der Waals surface area contributed by atoms with Crippen molar-refractivity contribution >= 4 is 17.4 Å². The zero-order chi connectivity index (χ0) is 13.7. The van der Waals surface area contributed by atoms with Crippen LogP contribution in [0, 0.1) is 0 Å². The van der Waals surface area contributed by atoms with E-state index >= 15 is 0 Å². The Balaban J connectivity index is 2.14. The highest BCUT2D eigenvalue weighted by atomic mass is 35.5. The van der Waals surface area contributed by atoms with Crippen LogP contribution in [0.2, 0.25) is 5.02 Å². The molecule has 6 heteroatoms. The van der Waals surface area contributed by atoms with Crippen LogP contribution in [0.15, 0.2) is 11.1 Å². The van der Waals surface area contributed by atoms with E-state index in [1.807, 2.05) is 0 Å². The average molecular weight is 285 g/mol. The minimum Gasteiger partial charge on any atom is -0.351 e. The molecule has 1 aromatic rings. The summed E-state index contributed by atoms with van der Waals surface area (Å²) >= 11 is 6.08. The summed E-state index contributed by atoms with van der Waals surface area (Å²) in [7, 11) is 0. The summed E-state index contributed by atoms with van der Waals surface area (Å²) in [6.07, 6.45) is 6.00. The average Bonchev–Trinajstić information content (AvgIpc) is 2.43. The molecular weight excluding hydrogens is 264 g/mol. The zero-order valence-corrected chi connectivity index (χ0v) is 12.0. The summed E-state index contributed by atoms with van der Waals surface area (Å²) < 4.78 is 0. The second-order valence-corrected chi connectivity index (χ2v) is 5.29. The molecule has 1 saturated heterocycles. The van der Waals surface area contributed by atoms with Crippen LogP contribution in [0.4, 0.5) is 5.82 Å². The lowest BCUT2D eigenvalue weighted by Gasteiger charge is -2.37. The maximum Gasteiger partial charge on any atom is 0.271 e. The second-order valence-electron chi connectivity index (χ2n) is 4.92. The number of hydrogen-bond acceptors (Lipinski definition) is 4. The molecule has 5 nitrogen and oxygen atoms in total. The summed E-state index contributed by atoms with van der Waals surface area (Å²) in [5.41, 5.74) is -0.266. The van der Waals surface area contributed by atoms with Crippen molar-refractivity contribution in [2.75, 3.05) is 24.5 Å². The lowest BCUT2D eigenvalue weighted by Crippen LogP contribution is -2.46. The molecule has 2 rings (SSSR count). The van der Waals surface area contributed by atoms with Crippen molar-refractivity contribution in [1.82, 2.24) is 15.3 Å². The molecule has 1 aliphatic heterocycles. The molecule has 2 N–H and O–H groups in total. The van der Waals surface area contributed by atoms with Gasteiger partial charge in [0, 0.05) is 19.1 Å². The number of nitrogens with zero attached hydrogens (tertiary/aromatic N) is 2. The van der Waals surface area contributed by atoms with Gasteiger partial charge in [-0.25, -0.2) is 4.98 Å². The van der Waals surface area contributed by atoms with E-state index in [0.717, 1.165) is 38.9 Å². The Morgan fingerprint density at radius 1 is 1.58 bits per heavy atom. The Hall–Kier alpha value is -1.07. The predicted molar refractivity (Wildman–Crippen MR) is 78.0 cm³/mol. The van der Waals surface area contributed by atoms with E-state index in [2.05, 4.69) is 27.1 Å². The molecule has 1 aromatic heterocycles. The first kappa shape index (κ1) is 14.3. The van der Waals surface area contributed by atoms with Crippen LogP contribution in [0.25, 0.3) is 0 Å². The Kier molecular flexibility index (Phi) is 5.22. The van der Waals surface area contributed by atoms with E-state index in [0.29, 0.717) is 11.9 Å². The van der Waals surface area contributed by atoms with Crippen molar-refractivity contribution in [2.45, 2.75) is 38.6 Å². The second kappa shape index (κ2) is 6.91. The molecule has 2 heterocycles. The van der Waals surface area contributed by atoms with E-state index in [1.54, 1.807) is 0 Å². The minimum absolute atomic E-state index is 0.199.